The summed E-state index contributed by atoms with van der Waals surface area (Å²) in [6, 6.07) is -0.547. The molecule has 1 aromatic rings. The predicted octanol–water partition coefficient (Wildman–Crippen LogP) is -0.197. The van der Waals surface area contributed by atoms with E-state index in [1.165, 1.54) is 4.90 Å². The molecule has 2 rings (SSSR count). The van der Waals surface area contributed by atoms with Crippen molar-refractivity contribution in [3.63, 3.8) is 0 Å². The van der Waals surface area contributed by atoms with Gasteiger partial charge in [0.25, 0.3) is 0 Å². The number of carbonyl (C=O) groups is 2. The molecule has 0 radical (unpaired) electrons. The molecular formula is C13H21N5O4. The van der Waals surface area contributed by atoms with Crippen LogP contribution in [0.2, 0.25) is 0 Å². The molecule has 1 aliphatic heterocycles. The van der Waals surface area contributed by atoms with Gasteiger partial charge in [-0.25, -0.2) is 4.79 Å². The normalized spacial score (nSPS) is 16.2. The Morgan fingerprint density at radius 3 is 2.91 bits per heavy atom. The zero-order valence-corrected chi connectivity index (χ0v) is 13.0. The number of nitrogens with zero attached hydrogens (tertiary/aromatic N) is 4. The minimum Gasteiger partial charge on any atom is -0.384 e. The Bertz CT molecular complexity index is 532. The fourth-order valence-electron chi connectivity index (χ4n) is 2.11. The summed E-state index contributed by atoms with van der Waals surface area (Å²) in [5.41, 5.74) is 0. The largest absolute Gasteiger partial charge is 0.384 e. The topological polar surface area (TPSA) is 101 Å². The van der Waals surface area contributed by atoms with Crippen LogP contribution in [-0.4, -0.2) is 72.3 Å². The summed E-state index contributed by atoms with van der Waals surface area (Å²) in [6.45, 7) is 3.47. The quantitative estimate of drug-likeness (QED) is 0.748. The Morgan fingerprint density at radius 2 is 2.27 bits per heavy atom. The molecule has 9 heteroatoms. The lowest BCUT2D eigenvalue weighted by molar-refractivity contribution is -0.122. The first-order valence-corrected chi connectivity index (χ1v) is 7.12. The second-order valence-corrected chi connectivity index (χ2v) is 5.21. The first kappa shape index (κ1) is 16.2. The fraction of sp³-hybridized carbons (Fsp3) is 0.692. The molecule has 2 heterocycles. The van der Waals surface area contributed by atoms with Crippen LogP contribution in [0, 0.1) is 0 Å². The van der Waals surface area contributed by atoms with Gasteiger partial charge in [0, 0.05) is 33.7 Å². The zero-order chi connectivity index (χ0) is 16.1. The number of hydrogen-bond acceptors (Lipinski definition) is 6. The highest BCUT2D eigenvalue weighted by molar-refractivity contribution is 5.85. The molecule has 0 bridgehead atoms. The lowest BCUT2D eigenvalue weighted by Crippen LogP contribution is -2.40. The Labute approximate surface area is 128 Å². The number of carbonyl (C=O) groups excluding carboxylic acids is 2. The van der Waals surface area contributed by atoms with Crippen molar-refractivity contribution in [2.45, 2.75) is 19.4 Å². The van der Waals surface area contributed by atoms with Gasteiger partial charge in [-0.05, 0) is 6.92 Å². The predicted molar refractivity (Wildman–Crippen MR) is 76.0 cm³/mol. The maximum atomic E-state index is 12.0. The summed E-state index contributed by atoms with van der Waals surface area (Å²) in [5.74, 6) is 0.617. The van der Waals surface area contributed by atoms with Gasteiger partial charge >= 0.3 is 6.03 Å². The molecule has 0 aliphatic carbocycles. The molecule has 1 aliphatic rings. The third-order valence-corrected chi connectivity index (χ3v) is 3.40. The van der Waals surface area contributed by atoms with E-state index in [2.05, 4.69) is 15.5 Å². The fourth-order valence-corrected chi connectivity index (χ4v) is 2.11. The monoisotopic (exact) mass is 311 g/mol. The van der Waals surface area contributed by atoms with E-state index in [0.29, 0.717) is 37.8 Å². The van der Waals surface area contributed by atoms with Crippen molar-refractivity contribution < 1.29 is 18.8 Å². The molecule has 1 atom stereocenters. The number of aromatic nitrogens is 2. The van der Waals surface area contributed by atoms with E-state index in [4.69, 9.17) is 9.26 Å². The van der Waals surface area contributed by atoms with Crippen molar-refractivity contribution in [1.29, 1.82) is 0 Å². The highest BCUT2D eigenvalue weighted by Gasteiger charge is 2.27. The Hall–Kier alpha value is -2.16. The van der Waals surface area contributed by atoms with Crippen molar-refractivity contribution in [3.8, 4) is 0 Å². The second kappa shape index (κ2) is 7.21. The van der Waals surface area contributed by atoms with Gasteiger partial charge in [0.1, 0.15) is 12.6 Å². The lowest BCUT2D eigenvalue weighted by Gasteiger charge is -2.16. The summed E-state index contributed by atoms with van der Waals surface area (Å²) >= 11 is 0. The van der Waals surface area contributed by atoms with Gasteiger partial charge in [-0.2, -0.15) is 4.98 Å². The average molecular weight is 311 g/mol. The average Bonchev–Trinajstić information content (AvgIpc) is 3.07. The van der Waals surface area contributed by atoms with Gasteiger partial charge in [-0.3, -0.25) is 4.79 Å². The van der Waals surface area contributed by atoms with Gasteiger partial charge in [-0.15, -0.1) is 0 Å². The molecule has 0 unspecified atom stereocenters. The first-order chi connectivity index (χ1) is 10.5. The Balaban J connectivity index is 1.83. The molecule has 1 aromatic heterocycles. The molecule has 0 aromatic carbocycles. The van der Waals surface area contributed by atoms with Crippen LogP contribution in [0.5, 0.6) is 0 Å². The molecule has 22 heavy (non-hydrogen) atoms. The minimum absolute atomic E-state index is 0.0260. The summed E-state index contributed by atoms with van der Waals surface area (Å²) < 4.78 is 10.1. The molecule has 1 fully saturated rings. The third kappa shape index (κ3) is 3.94. The molecule has 0 saturated carbocycles. The number of ether oxygens (including phenoxy) is 1. The standard InChI is InChI=1S/C13H21N5O4/c1-9(12-15-10(16-22-12)4-7-21-3)14-11(19)8-18-6-5-17(2)13(18)20/h9H,4-8H2,1-3H3,(H,14,19)/t9-/m0/s1. The molecule has 122 valence electrons. The van der Waals surface area contributed by atoms with Crippen molar-refractivity contribution >= 4 is 11.9 Å². The van der Waals surface area contributed by atoms with Crippen molar-refractivity contribution in [2.75, 3.05) is 40.4 Å². The van der Waals surface area contributed by atoms with E-state index in [1.54, 1.807) is 26.0 Å². The Morgan fingerprint density at radius 1 is 1.50 bits per heavy atom. The third-order valence-electron chi connectivity index (χ3n) is 3.40. The van der Waals surface area contributed by atoms with Crippen LogP contribution in [-0.2, 0) is 16.0 Å². The van der Waals surface area contributed by atoms with E-state index < -0.39 is 6.04 Å². The zero-order valence-electron chi connectivity index (χ0n) is 13.0. The molecule has 9 nitrogen and oxygen atoms in total. The highest BCUT2D eigenvalue weighted by Crippen LogP contribution is 2.11. The number of urea groups is 1. The number of hydrogen-bond donors (Lipinski definition) is 1. The van der Waals surface area contributed by atoms with Crippen LogP contribution < -0.4 is 5.32 Å². The maximum absolute atomic E-state index is 12.0. The van der Waals surface area contributed by atoms with Crippen LogP contribution in [0.4, 0.5) is 4.79 Å². The van der Waals surface area contributed by atoms with Gasteiger partial charge in [0.05, 0.1) is 6.61 Å². The van der Waals surface area contributed by atoms with Crippen LogP contribution in [0.15, 0.2) is 4.52 Å². The van der Waals surface area contributed by atoms with Crippen LogP contribution in [0.1, 0.15) is 24.7 Å². The first-order valence-electron chi connectivity index (χ1n) is 7.12. The van der Waals surface area contributed by atoms with Gasteiger partial charge in [-0.1, -0.05) is 5.16 Å². The maximum Gasteiger partial charge on any atom is 0.320 e. The summed E-state index contributed by atoms with van der Waals surface area (Å²) in [4.78, 5) is 31.0. The summed E-state index contributed by atoms with van der Waals surface area (Å²) in [6.07, 6.45) is 0.551. The lowest BCUT2D eigenvalue weighted by atomic mass is 10.3. The molecule has 1 saturated heterocycles. The van der Waals surface area contributed by atoms with Crippen molar-refractivity contribution in [2.24, 2.45) is 0 Å². The SMILES string of the molecule is COCCc1noc([C@H](C)NC(=O)CN2CCN(C)C2=O)n1. The van der Waals surface area contributed by atoms with Gasteiger partial charge in [0.2, 0.25) is 11.8 Å². The molecule has 3 amide bonds. The van der Waals surface area contributed by atoms with E-state index in [9.17, 15) is 9.59 Å². The molecular weight excluding hydrogens is 290 g/mol. The smallest absolute Gasteiger partial charge is 0.320 e. The number of rotatable bonds is 7. The van der Waals surface area contributed by atoms with E-state index >= 15 is 0 Å². The number of amides is 3. The van der Waals surface area contributed by atoms with Crippen molar-refractivity contribution in [3.05, 3.63) is 11.7 Å². The van der Waals surface area contributed by atoms with Crippen LogP contribution in [0.25, 0.3) is 0 Å². The van der Waals surface area contributed by atoms with E-state index in [-0.39, 0.29) is 18.5 Å². The highest BCUT2D eigenvalue weighted by atomic mass is 16.5. The van der Waals surface area contributed by atoms with Gasteiger partial charge < -0.3 is 24.4 Å². The number of methoxy groups -OCH3 is 1. The van der Waals surface area contributed by atoms with Crippen LogP contribution in [0.3, 0.4) is 0 Å². The molecule has 0 spiro atoms. The summed E-state index contributed by atoms with van der Waals surface area (Å²) in [7, 11) is 3.31. The number of likely N-dealkylation sites (N-methyl/N-ethyl adjacent to an activating group) is 1. The summed E-state index contributed by atoms with van der Waals surface area (Å²) in [5, 5.41) is 6.57. The second-order valence-electron chi connectivity index (χ2n) is 5.21. The van der Waals surface area contributed by atoms with Crippen LogP contribution >= 0.6 is 0 Å². The minimum atomic E-state index is -0.410. The van der Waals surface area contributed by atoms with Crippen molar-refractivity contribution in [1.82, 2.24) is 25.3 Å². The number of nitrogens with one attached hydrogen (secondary N) is 1. The van der Waals surface area contributed by atoms with E-state index in [1.807, 2.05) is 0 Å². The molecule has 1 N–H and O–H groups in total. The van der Waals surface area contributed by atoms with E-state index in [0.717, 1.165) is 0 Å². The Kier molecular flexibility index (Phi) is 5.31. The van der Waals surface area contributed by atoms with Gasteiger partial charge in [0.15, 0.2) is 5.82 Å².